The summed E-state index contributed by atoms with van der Waals surface area (Å²) in [6, 6.07) is -0.269. The van der Waals surface area contributed by atoms with Crippen molar-refractivity contribution < 1.29 is 9.90 Å². The molecule has 2 aliphatic rings. The van der Waals surface area contributed by atoms with Gasteiger partial charge in [0.2, 0.25) is 5.91 Å². The van der Waals surface area contributed by atoms with Gasteiger partial charge in [-0.25, -0.2) is 0 Å². The molecule has 2 fully saturated rings. The van der Waals surface area contributed by atoms with Crippen LogP contribution < -0.4 is 5.73 Å². The molecule has 1 aliphatic heterocycles. The summed E-state index contributed by atoms with van der Waals surface area (Å²) in [5.74, 6) is 0.353. The quantitative estimate of drug-likeness (QED) is 0.827. The van der Waals surface area contributed by atoms with Gasteiger partial charge in [0.25, 0.3) is 0 Å². The maximum atomic E-state index is 12.3. The molecule has 0 aromatic heterocycles. The number of aliphatic hydroxyl groups excluding tert-OH is 1. The third-order valence-electron chi connectivity index (χ3n) is 5.46. The zero-order valence-corrected chi connectivity index (χ0v) is 13.1. The van der Waals surface area contributed by atoms with Crippen LogP contribution in [0.3, 0.4) is 0 Å². The number of amides is 1. The minimum Gasteiger partial charge on any atom is -0.391 e. The van der Waals surface area contributed by atoms with E-state index in [1.54, 1.807) is 4.90 Å². The van der Waals surface area contributed by atoms with Gasteiger partial charge in [-0.1, -0.05) is 32.1 Å². The maximum absolute atomic E-state index is 12.3. The predicted molar refractivity (Wildman–Crippen MR) is 80.1 cm³/mol. The fourth-order valence-electron chi connectivity index (χ4n) is 3.82. The molecule has 4 heteroatoms. The van der Waals surface area contributed by atoms with Crippen molar-refractivity contribution in [2.24, 2.45) is 17.6 Å². The van der Waals surface area contributed by atoms with E-state index >= 15 is 0 Å². The maximum Gasteiger partial charge on any atom is 0.228 e. The molecule has 3 atom stereocenters. The van der Waals surface area contributed by atoms with E-state index < -0.39 is 6.10 Å². The van der Waals surface area contributed by atoms with Crippen LogP contribution >= 0.6 is 0 Å². The van der Waals surface area contributed by atoms with Crippen molar-refractivity contribution >= 4 is 5.91 Å². The summed E-state index contributed by atoms with van der Waals surface area (Å²) in [5.41, 5.74) is 6.03. The van der Waals surface area contributed by atoms with E-state index in [4.69, 9.17) is 5.73 Å². The molecule has 2 rings (SSSR count). The summed E-state index contributed by atoms with van der Waals surface area (Å²) >= 11 is 0. The van der Waals surface area contributed by atoms with Crippen molar-refractivity contribution in [2.75, 3.05) is 7.05 Å². The molecule has 0 spiro atoms. The normalized spacial score (nSPS) is 30.6. The van der Waals surface area contributed by atoms with Gasteiger partial charge in [0.1, 0.15) is 0 Å². The lowest BCUT2D eigenvalue weighted by molar-refractivity contribution is -0.134. The van der Waals surface area contributed by atoms with Gasteiger partial charge in [-0.05, 0) is 32.6 Å². The second-order valence-corrected chi connectivity index (χ2v) is 7.41. The zero-order valence-electron chi connectivity index (χ0n) is 13.1. The topological polar surface area (TPSA) is 66.6 Å². The van der Waals surface area contributed by atoms with Crippen LogP contribution in [0.4, 0.5) is 0 Å². The van der Waals surface area contributed by atoms with Crippen LogP contribution in [0, 0.1) is 11.8 Å². The number of nitrogens with two attached hydrogens (primary N) is 1. The summed E-state index contributed by atoms with van der Waals surface area (Å²) in [4.78, 5) is 14.0. The van der Waals surface area contributed by atoms with Crippen LogP contribution in [0.5, 0.6) is 0 Å². The largest absolute Gasteiger partial charge is 0.391 e. The molecular formula is C16H30N2O2. The number of carbonyl (C=O) groups excluding carboxylic acids is 1. The van der Waals surface area contributed by atoms with E-state index in [0.717, 1.165) is 6.42 Å². The molecule has 0 bridgehead atoms. The molecule has 1 saturated carbocycles. The molecule has 1 aliphatic carbocycles. The van der Waals surface area contributed by atoms with Gasteiger partial charge in [-0.15, -0.1) is 0 Å². The summed E-state index contributed by atoms with van der Waals surface area (Å²) in [6.45, 7) is 4.09. The average Bonchev–Trinajstić information content (AvgIpc) is 2.62. The molecule has 1 saturated heterocycles. The van der Waals surface area contributed by atoms with Crippen LogP contribution in [0.2, 0.25) is 0 Å². The van der Waals surface area contributed by atoms with Crippen molar-refractivity contribution in [1.82, 2.24) is 4.90 Å². The summed E-state index contributed by atoms with van der Waals surface area (Å²) < 4.78 is 0. The van der Waals surface area contributed by atoms with Crippen molar-refractivity contribution in [3.63, 3.8) is 0 Å². The lowest BCUT2D eigenvalue weighted by atomic mass is 9.81. The molecule has 0 aromatic carbocycles. The van der Waals surface area contributed by atoms with Gasteiger partial charge in [0.15, 0.2) is 0 Å². The van der Waals surface area contributed by atoms with Crippen molar-refractivity contribution in [3.8, 4) is 0 Å². The van der Waals surface area contributed by atoms with Crippen LogP contribution in [0.1, 0.15) is 58.8 Å². The van der Waals surface area contributed by atoms with E-state index in [1.807, 2.05) is 20.9 Å². The second-order valence-electron chi connectivity index (χ2n) is 7.41. The third kappa shape index (κ3) is 3.17. The first-order valence-electron chi connectivity index (χ1n) is 8.04. The molecule has 116 valence electrons. The van der Waals surface area contributed by atoms with Crippen LogP contribution in [-0.2, 0) is 4.79 Å². The number of rotatable bonds is 4. The summed E-state index contributed by atoms with van der Waals surface area (Å²) in [7, 11) is 1.82. The van der Waals surface area contributed by atoms with Crippen molar-refractivity contribution in [3.05, 3.63) is 0 Å². The standard InChI is InChI=1S/C16H30N2O2/c1-16(2)10-12(15(20)18(16)3)14(19)13(17)9-11-7-5-4-6-8-11/h11-14,19H,4-10,17H2,1-3H3/t12-,13?,14-/m0/s1. The lowest BCUT2D eigenvalue weighted by Crippen LogP contribution is -2.44. The highest BCUT2D eigenvalue weighted by Gasteiger charge is 2.47. The molecular weight excluding hydrogens is 252 g/mol. The first kappa shape index (κ1) is 15.8. The smallest absolute Gasteiger partial charge is 0.228 e. The molecule has 3 N–H and O–H groups in total. The molecule has 1 amide bonds. The average molecular weight is 282 g/mol. The number of carbonyl (C=O) groups is 1. The molecule has 4 nitrogen and oxygen atoms in total. The Morgan fingerprint density at radius 1 is 1.35 bits per heavy atom. The Kier molecular flexibility index (Phi) is 4.75. The Morgan fingerprint density at radius 3 is 2.45 bits per heavy atom. The Hall–Kier alpha value is -0.610. The number of likely N-dealkylation sites (tertiary alicyclic amines) is 1. The molecule has 1 unspecified atom stereocenters. The third-order valence-corrected chi connectivity index (χ3v) is 5.46. The fourth-order valence-corrected chi connectivity index (χ4v) is 3.82. The first-order chi connectivity index (χ1) is 9.33. The predicted octanol–water partition coefficient (Wildman–Crippen LogP) is 1.90. The van der Waals surface area contributed by atoms with Gasteiger partial charge in [0, 0.05) is 18.6 Å². The van der Waals surface area contributed by atoms with E-state index in [1.165, 1.54) is 32.1 Å². The Balaban J connectivity index is 1.93. The first-order valence-corrected chi connectivity index (χ1v) is 8.04. The van der Waals surface area contributed by atoms with E-state index in [-0.39, 0.29) is 23.4 Å². The Morgan fingerprint density at radius 2 is 1.95 bits per heavy atom. The van der Waals surface area contributed by atoms with Crippen LogP contribution in [0.15, 0.2) is 0 Å². The highest BCUT2D eigenvalue weighted by Crippen LogP contribution is 2.36. The van der Waals surface area contributed by atoms with Gasteiger partial charge in [-0.2, -0.15) is 0 Å². The van der Waals surface area contributed by atoms with Gasteiger partial charge in [-0.3, -0.25) is 4.79 Å². The van der Waals surface area contributed by atoms with Crippen LogP contribution in [-0.4, -0.2) is 40.6 Å². The monoisotopic (exact) mass is 282 g/mol. The molecule has 0 radical (unpaired) electrons. The number of aliphatic hydroxyl groups is 1. The summed E-state index contributed by atoms with van der Waals surface area (Å²) in [5, 5.41) is 10.5. The number of hydrogen-bond acceptors (Lipinski definition) is 3. The van der Waals surface area contributed by atoms with Gasteiger partial charge < -0.3 is 15.7 Å². The minimum atomic E-state index is -0.700. The SMILES string of the molecule is CN1C(=O)[C@H]([C@H](O)C(N)CC2CCCCC2)CC1(C)C. The molecule has 20 heavy (non-hydrogen) atoms. The van der Waals surface area contributed by atoms with E-state index in [9.17, 15) is 9.90 Å². The van der Waals surface area contributed by atoms with Crippen molar-refractivity contribution in [1.29, 1.82) is 0 Å². The summed E-state index contributed by atoms with van der Waals surface area (Å²) in [6.07, 6.45) is 7.20. The lowest BCUT2D eigenvalue weighted by Gasteiger charge is -2.29. The van der Waals surface area contributed by atoms with Crippen LogP contribution in [0.25, 0.3) is 0 Å². The number of hydrogen-bond donors (Lipinski definition) is 2. The van der Waals surface area contributed by atoms with Crippen molar-refractivity contribution in [2.45, 2.75) is 76.5 Å². The molecule has 1 heterocycles. The second kappa shape index (κ2) is 6.02. The zero-order chi connectivity index (χ0) is 14.9. The van der Waals surface area contributed by atoms with Gasteiger partial charge >= 0.3 is 0 Å². The highest BCUT2D eigenvalue weighted by molar-refractivity contribution is 5.82. The number of nitrogens with zero attached hydrogens (tertiary/aromatic N) is 1. The van der Waals surface area contributed by atoms with E-state index in [0.29, 0.717) is 12.3 Å². The van der Waals surface area contributed by atoms with E-state index in [2.05, 4.69) is 0 Å². The molecule has 0 aromatic rings. The Bertz CT molecular complexity index is 350. The highest BCUT2D eigenvalue weighted by atomic mass is 16.3. The van der Waals surface area contributed by atoms with Gasteiger partial charge in [0.05, 0.1) is 12.0 Å². The minimum absolute atomic E-state index is 0.0431. The Labute approximate surface area is 122 Å². The fraction of sp³-hybridized carbons (Fsp3) is 0.938.